The number of rotatable bonds is 9. The lowest BCUT2D eigenvalue weighted by molar-refractivity contribution is 0.198. The van der Waals surface area contributed by atoms with Crippen molar-refractivity contribution in [3.8, 4) is 0 Å². The minimum absolute atomic E-state index is 0.469. The summed E-state index contributed by atoms with van der Waals surface area (Å²) in [6.45, 7) is 11.4. The molecule has 2 aromatic rings. The van der Waals surface area contributed by atoms with Crippen LogP contribution in [0.5, 0.6) is 0 Å². The maximum absolute atomic E-state index is 5.81. The van der Waals surface area contributed by atoms with E-state index in [0.717, 1.165) is 48.5 Å². The SMILES string of the molecule is Cc1ccc(C(C)CCN2CCCC(c3ccnc(SCCN4CCCC4)n3)C2)o1. The maximum atomic E-state index is 5.81. The van der Waals surface area contributed by atoms with E-state index in [-0.39, 0.29) is 0 Å². The molecule has 5 nitrogen and oxygen atoms in total. The van der Waals surface area contributed by atoms with Gasteiger partial charge in [-0.25, -0.2) is 9.97 Å². The number of furan rings is 1. The second kappa shape index (κ2) is 10.8. The minimum atomic E-state index is 0.469. The molecule has 2 unspecified atom stereocenters. The number of aryl methyl sites for hydroxylation is 1. The lowest BCUT2D eigenvalue weighted by Gasteiger charge is -2.33. The van der Waals surface area contributed by atoms with Crippen molar-refractivity contribution >= 4 is 11.8 Å². The maximum Gasteiger partial charge on any atom is 0.187 e. The number of hydrogen-bond donors (Lipinski definition) is 0. The molecule has 2 aliphatic rings. The first-order valence-corrected chi connectivity index (χ1v) is 12.6. The predicted molar refractivity (Wildman–Crippen MR) is 123 cm³/mol. The molecule has 0 radical (unpaired) electrons. The van der Waals surface area contributed by atoms with Gasteiger partial charge in [0.2, 0.25) is 0 Å². The Labute approximate surface area is 185 Å². The number of hydrogen-bond acceptors (Lipinski definition) is 6. The Balaban J connectivity index is 1.26. The van der Waals surface area contributed by atoms with Gasteiger partial charge < -0.3 is 14.2 Å². The third-order valence-corrected chi connectivity index (χ3v) is 7.38. The molecule has 0 aliphatic carbocycles. The van der Waals surface area contributed by atoms with E-state index in [2.05, 4.69) is 39.9 Å². The van der Waals surface area contributed by atoms with E-state index in [0.29, 0.717) is 11.8 Å². The average molecular weight is 429 g/mol. The molecule has 2 atom stereocenters. The third kappa shape index (κ3) is 6.08. The van der Waals surface area contributed by atoms with Gasteiger partial charge in [-0.05, 0) is 83.4 Å². The fourth-order valence-corrected chi connectivity index (χ4v) is 5.50. The molecular weight excluding hydrogens is 392 g/mol. The summed E-state index contributed by atoms with van der Waals surface area (Å²) in [6, 6.07) is 6.33. The van der Waals surface area contributed by atoms with E-state index in [1.807, 2.05) is 24.9 Å². The van der Waals surface area contributed by atoms with Crippen molar-refractivity contribution < 1.29 is 4.42 Å². The van der Waals surface area contributed by atoms with E-state index < -0.39 is 0 Å². The van der Waals surface area contributed by atoms with Gasteiger partial charge >= 0.3 is 0 Å². The summed E-state index contributed by atoms with van der Waals surface area (Å²) in [5.41, 5.74) is 1.23. The van der Waals surface area contributed by atoms with Gasteiger partial charge in [0.25, 0.3) is 0 Å². The van der Waals surface area contributed by atoms with Gasteiger partial charge in [-0.3, -0.25) is 0 Å². The summed E-state index contributed by atoms with van der Waals surface area (Å²) in [7, 11) is 0. The van der Waals surface area contributed by atoms with Gasteiger partial charge in [-0.15, -0.1) is 0 Å². The van der Waals surface area contributed by atoms with Crippen LogP contribution in [0, 0.1) is 6.92 Å². The lowest BCUT2D eigenvalue weighted by Crippen LogP contribution is -2.35. The van der Waals surface area contributed by atoms with Crippen molar-refractivity contribution in [1.82, 2.24) is 19.8 Å². The molecule has 0 saturated carbocycles. The topological polar surface area (TPSA) is 45.4 Å². The van der Waals surface area contributed by atoms with Crippen LogP contribution in [0.3, 0.4) is 0 Å². The standard InChI is InChI=1S/C24H36N4OS/c1-19(23-8-7-20(2)29-23)10-15-28-14-5-6-21(18-28)22-9-11-25-24(26-22)30-17-16-27-12-3-4-13-27/h7-9,11,19,21H,3-6,10,12-18H2,1-2H3. The number of piperidine rings is 1. The molecule has 30 heavy (non-hydrogen) atoms. The summed E-state index contributed by atoms with van der Waals surface area (Å²) in [6.07, 6.45) is 8.30. The first-order valence-electron chi connectivity index (χ1n) is 11.6. The zero-order valence-corrected chi connectivity index (χ0v) is 19.4. The molecule has 4 heterocycles. The van der Waals surface area contributed by atoms with Crippen LogP contribution in [0.4, 0.5) is 0 Å². The van der Waals surface area contributed by atoms with Crippen LogP contribution in [-0.2, 0) is 0 Å². The highest BCUT2D eigenvalue weighted by Gasteiger charge is 2.23. The minimum Gasteiger partial charge on any atom is -0.466 e. The average Bonchev–Trinajstić information content (AvgIpc) is 3.44. The number of aromatic nitrogens is 2. The lowest BCUT2D eigenvalue weighted by atomic mass is 9.94. The second-order valence-corrected chi connectivity index (χ2v) is 10.0. The molecule has 0 amide bonds. The van der Waals surface area contributed by atoms with Crippen LogP contribution in [0.1, 0.15) is 68.1 Å². The highest BCUT2D eigenvalue weighted by Crippen LogP contribution is 2.28. The van der Waals surface area contributed by atoms with E-state index in [1.54, 1.807) is 0 Å². The number of nitrogens with zero attached hydrogens (tertiary/aromatic N) is 4. The molecule has 2 fully saturated rings. The summed E-state index contributed by atoms with van der Waals surface area (Å²) in [4.78, 5) is 14.6. The monoisotopic (exact) mass is 428 g/mol. The Morgan fingerprint density at radius 1 is 1.10 bits per heavy atom. The Kier molecular flexibility index (Phi) is 7.85. The first kappa shape index (κ1) is 21.8. The van der Waals surface area contributed by atoms with Crippen LogP contribution in [0.2, 0.25) is 0 Å². The van der Waals surface area contributed by atoms with Crippen molar-refractivity contribution in [2.75, 3.05) is 45.0 Å². The van der Waals surface area contributed by atoms with Crippen LogP contribution in [0.25, 0.3) is 0 Å². The van der Waals surface area contributed by atoms with Crippen molar-refractivity contribution in [2.45, 2.75) is 62.9 Å². The van der Waals surface area contributed by atoms with Gasteiger partial charge in [-0.2, -0.15) is 0 Å². The highest BCUT2D eigenvalue weighted by atomic mass is 32.2. The van der Waals surface area contributed by atoms with E-state index >= 15 is 0 Å². The van der Waals surface area contributed by atoms with Crippen LogP contribution in [0.15, 0.2) is 34.0 Å². The number of likely N-dealkylation sites (tertiary alicyclic amines) is 2. The second-order valence-electron chi connectivity index (χ2n) is 8.94. The molecule has 0 bridgehead atoms. The smallest absolute Gasteiger partial charge is 0.187 e. The summed E-state index contributed by atoms with van der Waals surface area (Å²) < 4.78 is 5.81. The fraction of sp³-hybridized carbons (Fsp3) is 0.667. The van der Waals surface area contributed by atoms with Gasteiger partial charge in [0.1, 0.15) is 11.5 Å². The molecule has 2 aliphatic heterocycles. The summed E-state index contributed by atoms with van der Waals surface area (Å²) >= 11 is 1.81. The number of thioether (sulfide) groups is 1. The van der Waals surface area contributed by atoms with Gasteiger partial charge in [-0.1, -0.05) is 18.7 Å². The molecule has 2 saturated heterocycles. The van der Waals surface area contributed by atoms with E-state index in [9.17, 15) is 0 Å². The molecule has 164 valence electrons. The first-order chi connectivity index (χ1) is 14.7. The van der Waals surface area contributed by atoms with Gasteiger partial charge in [0.15, 0.2) is 5.16 Å². The molecular formula is C24H36N4OS. The van der Waals surface area contributed by atoms with E-state index in [1.165, 1.54) is 51.0 Å². The quantitative estimate of drug-likeness (QED) is 0.416. The highest BCUT2D eigenvalue weighted by molar-refractivity contribution is 7.99. The zero-order chi connectivity index (χ0) is 20.8. The van der Waals surface area contributed by atoms with Crippen LogP contribution >= 0.6 is 11.8 Å². The summed E-state index contributed by atoms with van der Waals surface area (Å²) in [5, 5.41) is 0.950. The molecule has 0 spiro atoms. The van der Waals surface area contributed by atoms with Gasteiger partial charge in [0.05, 0.1) is 0 Å². The van der Waals surface area contributed by atoms with Gasteiger partial charge in [0, 0.05) is 42.6 Å². The van der Waals surface area contributed by atoms with Crippen molar-refractivity contribution in [3.63, 3.8) is 0 Å². The molecule has 4 rings (SSSR count). The summed E-state index contributed by atoms with van der Waals surface area (Å²) in [5.74, 6) is 4.21. The molecule has 6 heteroatoms. The molecule has 0 aromatic carbocycles. The molecule has 2 aromatic heterocycles. The normalized spacial score (nSPS) is 21.9. The van der Waals surface area contributed by atoms with Crippen molar-refractivity contribution in [3.05, 3.63) is 41.6 Å². The van der Waals surface area contributed by atoms with E-state index in [4.69, 9.17) is 9.40 Å². The van der Waals surface area contributed by atoms with Crippen molar-refractivity contribution in [1.29, 1.82) is 0 Å². The largest absolute Gasteiger partial charge is 0.466 e. The Hall–Kier alpha value is -1.37. The van der Waals surface area contributed by atoms with Crippen molar-refractivity contribution in [2.24, 2.45) is 0 Å². The molecule has 0 N–H and O–H groups in total. The fourth-order valence-electron chi connectivity index (χ4n) is 4.66. The Morgan fingerprint density at radius 2 is 1.93 bits per heavy atom. The zero-order valence-electron chi connectivity index (χ0n) is 18.6. The third-order valence-electron chi connectivity index (χ3n) is 6.54. The Morgan fingerprint density at radius 3 is 2.73 bits per heavy atom. The van der Waals surface area contributed by atoms with Crippen LogP contribution in [-0.4, -0.2) is 64.8 Å². The Bertz CT molecular complexity index is 789. The van der Waals surface area contributed by atoms with Crippen LogP contribution < -0.4 is 0 Å². The predicted octanol–water partition coefficient (Wildman–Crippen LogP) is 4.94.